The number of nitrogens with one attached hydrogen (secondary N) is 3. The first-order valence-electron chi connectivity index (χ1n) is 11.0. The van der Waals surface area contributed by atoms with E-state index in [1.54, 1.807) is 23.7 Å². The molecule has 0 aliphatic rings. The average molecular weight is 485 g/mol. The lowest BCUT2D eigenvalue weighted by Crippen LogP contribution is -2.19. The zero-order valence-electron chi connectivity index (χ0n) is 18.5. The minimum atomic E-state index is -0.434. The molecule has 5 rings (SSSR count). The Hall–Kier alpha value is -4.37. The highest BCUT2D eigenvalue weighted by atomic mass is 32.1. The molecule has 0 spiro atoms. The molecule has 2 heterocycles. The highest BCUT2D eigenvalue weighted by Gasteiger charge is 2.12. The van der Waals surface area contributed by atoms with Crippen molar-refractivity contribution in [1.82, 2.24) is 15.0 Å². The first-order valence-corrected chi connectivity index (χ1v) is 11.8. The number of aromatic nitrogens is 3. The van der Waals surface area contributed by atoms with Crippen LogP contribution in [-0.2, 0) is 6.42 Å². The summed E-state index contributed by atoms with van der Waals surface area (Å²) in [5.41, 5.74) is 3.95. The van der Waals surface area contributed by atoms with Crippen LogP contribution in [0.5, 0.6) is 0 Å². The predicted octanol–water partition coefficient (Wildman–Crippen LogP) is 6.19. The molecule has 0 bridgehead atoms. The van der Waals surface area contributed by atoms with Crippen molar-refractivity contribution in [2.45, 2.75) is 6.42 Å². The molecule has 5 aromatic rings. The number of carbonyl (C=O) groups excluding carboxylic acids is 1. The number of anilines is 3. The van der Waals surface area contributed by atoms with Gasteiger partial charge in [-0.05, 0) is 42.3 Å². The summed E-state index contributed by atoms with van der Waals surface area (Å²) in [6, 6.07) is 22.9. The van der Waals surface area contributed by atoms with Crippen molar-refractivity contribution in [3.63, 3.8) is 0 Å². The fourth-order valence-corrected chi connectivity index (χ4v) is 4.44. The van der Waals surface area contributed by atoms with Crippen LogP contribution < -0.4 is 16.0 Å². The average Bonchev–Trinajstić information content (AvgIpc) is 3.31. The summed E-state index contributed by atoms with van der Waals surface area (Å²) in [4.78, 5) is 26.5. The van der Waals surface area contributed by atoms with E-state index in [1.807, 2.05) is 54.6 Å². The van der Waals surface area contributed by atoms with Crippen molar-refractivity contribution in [3.05, 3.63) is 96.6 Å². The number of thiazole rings is 1. The van der Waals surface area contributed by atoms with Gasteiger partial charge in [-0.3, -0.25) is 0 Å². The lowest BCUT2D eigenvalue weighted by Gasteiger charge is -2.09. The van der Waals surface area contributed by atoms with Crippen LogP contribution in [0.25, 0.3) is 20.9 Å². The minimum Gasteiger partial charge on any atom is -0.368 e. The van der Waals surface area contributed by atoms with Gasteiger partial charge in [0.05, 0.1) is 0 Å². The van der Waals surface area contributed by atoms with Gasteiger partial charge in [0, 0.05) is 23.5 Å². The Morgan fingerprint density at radius 1 is 0.886 bits per heavy atom. The van der Waals surface area contributed by atoms with Crippen molar-refractivity contribution in [2.75, 3.05) is 22.5 Å². The topological polar surface area (TPSA) is 91.8 Å². The molecular formula is C26H21FN6OS. The Bertz CT molecular complexity index is 1460. The molecule has 9 heteroatoms. The molecular weight excluding hydrogens is 463 g/mol. The molecule has 35 heavy (non-hydrogen) atoms. The van der Waals surface area contributed by atoms with E-state index in [1.165, 1.54) is 18.2 Å². The number of hydrogen-bond donors (Lipinski definition) is 3. The molecule has 0 unspecified atom stereocenters. The predicted molar refractivity (Wildman–Crippen MR) is 138 cm³/mol. The Kier molecular flexibility index (Phi) is 6.58. The molecule has 0 radical (unpaired) electrons. The zero-order valence-corrected chi connectivity index (χ0v) is 19.3. The molecule has 3 N–H and O–H groups in total. The third-order valence-corrected chi connectivity index (χ3v) is 6.23. The maximum Gasteiger partial charge on any atom is 0.323 e. The first-order chi connectivity index (χ1) is 17.1. The van der Waals surface area contributed by atoms with E-state index in [4.69, 9.17) is 4.98 Å². The Labute approximate surface area is 205 Å². The number of amides is 2. The fraction of sp³-hybridized carbons (Fsp3) is 0.0769. The van der Waals surface area contributed by atoms with Gasteiger partial charge in [0.2, 0.25) is 0 Å². The van der Waals surface area contributed by atoms with Crippen LogP contribution in [0.1, 0.15) is 5.56 Å². The Morgan fingerprint density at radius 2 is 1.69 bits per heavy atom. The summed E-state index contributed by atoms with van der Waals surface area (Å²) in [6.07, 6.45) is 2.31. The summed E-state index contributed by atoms with van der Waals surface area (Å²) < 4.78 is 13.3. The lowest BCUT2D eigenvalue weighted by molar-refractivity contribution is 0.262. The van der Waals surface area contributed by atoms with Crippen LogP contribution in [-0.4, -0.2) is 27.5 Å². The minimum absolute atomic E-state index is 0.389. The molecule has 3 aromatic carbocycles. The van der Waals surface area contributed by atoms with Crippen LogP contribution in [0.3, 0.4) is 0 Å². The second-order valence-corrected chi connectivity index (χ2v) is 8.70. The monoisotopic (exact) mass is 484 g/mol. The maximum absolute atomic E-state index is 13.3. The second kappa shape index (κ2) is 10.3. The highest BCUT2D eigenvalue weighted by Crippen LogP contribution is 2.31. The van der Waals surface area contributed by atoms with E-state index in [2.05, 4.69) is 25.9 Å². The van der Waals surface area contributed by atoms with E-state index >= 15 is 0 Å². The van der Waals surface area contributed by atoms with Crippen LogP contribution in [0.15, 0.2) is 85.2 Å². The van der Waals surface area contributed by atoms with Crippen LogP contribution in [0.4, 0.5) is 26.4 Å². The van der Waals surface area contributed by atoms with E-state index in [0.717, 1.165) is 32.9 Å². The van der Waals surface area contributed by atoms with Gasteiger partial charge in [0.25, 0.3) is 0 Å². The van der Waals surface area contributed by atoms with Gasteiger partial charge in [0.15, 0.2) is 5.82 Å². The number of carbonyl (C=O) groups is 1. The molecule has 2 aromatic heterocycles. The molecule has 2 amide bonds. The van der Waals surface area contributed by atoms with E-state index in [0.29, 0.717) is 23.7 Å². The van der Waals surface area contributed by atoms with Crippen LogP contribution >= 0.6 is 11.3 Å². The van der Waals surface area contributed by atoms with Gasteiger partial charge in [-0.25, -0.2) is 24.1 Å². The molecule has 0 fully saturated rings. The summed E-state index contributed by atoms with van der Waals surface area (Å²) in [7, 11) is 0. The van der Waals surface area contributed by atoms with E-state index in [-0.39, 0.29) is 0 Å². The summed E-state index contributed by atoms with van der Waals surface area (Å²) in [5.74, 6) is 0.301. The summed E-state index contributed by atoms with van der Waals surface area (Å²) in [6.45, 7) is 0.664. The summed E-state index contributed by atoms with van der Waals surface area (Å²) >= 11 is 1.54. The number of nitrogens with zero attached hydrogens (tertiary/aromatic N) is 3. The number of urea groups is 1. The SMILES string of the molecule is O=C(Nc1ccc(CCNc2ncnc3sc(-c4ccccc4)nc23)cc1)Nc1cccc(F)c1. The molecule has 0 atom stereocenters. The molecule has 0 aliphatic heterocycles. The Balaban J connectivity index is 1.17. The molecule has 0 saturated carbocycles. The fourth-order valence-electron chi connectivity index (χ4n) is 3.53. The van der Waals surface area contributed by atoms with Gasteiger partial charge in [-0.1, -0.05) is 59.9 Å². The molecule has 174 valence electrons. The van der Waals surface area contributed by atoms with Gasteiger partial charge in [-0.2, -0.15) is 0 Å². The van der Waals surface area contributed by atoms with Crippen LogP contribution in [0.2, 0.25) is 0 Å². The van der Waals surface area contributed by atoms with Crippen LogP contribution in [0, 0.1) is 5.82 Å². The van der Waals surface area contributed by atoms with Crippen molar-refractivity contribution in [3.8, 4) is 10.6 Å². The second-order valence-electron chi connectivity index (χ2n) is 7.72. The largest absolute Gasteiger partial charge is 0.368 e. The van der Waals surface area contributed by atoms with E-state index in [9.17, 15) is 9.18 Å². The third-order valence-electron chi connectivity index (χ3n) is 5.22. The number of halogens is 1. The summed E-state index contributed by atoms with van der Waals surface area (Å²) in [5, 5.41) is 9.62. The quantitative estimate of drug-likeness (QED) is 0.256. The first kappa shape index (κ1) is 22.4. The zero-order chi connectivity index (χ0) is 24.0. The lowest BCUT2D eigenvalue weighted by atomic mass is 10.1. The van der Waals surface area contributed by atoms with Gasteiger partial charge < -0.3 is 16.0 Å². The van der Waals surface area contributed by atoms with Crippen molar-refractivity contribution in [1.29, 1.82) is 0 Å². The standard InChI is InChI=1S/C26H21FN6OS/c27-19-7-4-8-21(15-19)32-26(34)31-20-11-9-17(10-12-20)13-14-28-23-22-25(30-16-29-23)35-24(33-22)18-5-2-1-3-6-18/h1-12,15-16H,13-14H2,(H,28,29,30)(H2,31,32,34). The Morgan fingerprint density at radius 3 is 2.49 bits per heavy atom. The number of hydrogen-bond acceptors (Lipinski definition) is 6. The number of rotatable bonds is 7. The normalized spacial score (nSPS) is 10.8. The van der Waals surface area contributed by atoms with E-state index < -0.39 is 11.8 Å². The number of benzene rings is 3. The van der Waals surface area contributed by atoms with Gasteiger partial charge >= 0.3 is 6.03 Å². The smallest absolute Gasteiger partial charge is 0.323 e. The van der Waals surface area contributed by atoms with Crippen molar-refractivity contribution >= 4 is 44.9 Å². The number of fused-ring (bicyclic) bond motifs is 1. The van der Waals surface area contributed by atoms with Crippen molar-refractivity contribution in [2.24, 2.45) is 0 Å². The maximum atomic E-state index is 13.3. The molecule has 7 nitrogen and oxygen atoms in total. The third kappa shape index (κ3) is 5.59. The van der Waals surface area contributed by atoms with Crippen molar-refractivity contribution < 1.29 is 9.18 Å². The van der Waals surface area contributed by atoms with Gasteiger partial charge in [-0.15, -0.1) is 0 Å². The molecule has 0 saturated heterocycles. The van der Waals surface area contributed by atoms with Gasteiger partial charge in [0.1, 0.15) is 27.5 Å². The highest BCUT2D eigenvalue weighted by molar-refractivity contribution is 7.21. The molecule has 0 aliphatic carbocycles.